The van der Waals surface area contributed by atoms with Crippen LogP contribution in [0.15, 0.2) is 16.7 Å². The predicted molar refractivity (Wildman–Crippen MR) is 69.8 cm³/mol. The quantitative estimate of drug-likeness (QED) is 0.889. The highest BCUT2D eigenvalue weighted by molar-refractivity contribution is 9.10. The van der Waals surface area contributed by atoms with Gasteiger partial charge in [-0.2, -0.15) is 0 Å². The van der Waals surface area contributed by atoms with Crippen molar-refractivity contribution in [3.05, 3.63) is 22.4 Å². The molecule has 1 aliphatic heterocycles. The molecule has 1 saturated heterocycles. The van der Waals surface area contributed by atoms with Crippen molar-refractivity contribution in [3.63, 3.8) is 0 Å². The topological polar surface area (TPSA) is 37.6 Å². The van der Waals surface area contributed by atoms with Crippen molar-refractivity contribution in [3.8, 4) is 0 Å². The fraction of sp³-hybridized carbons (Fsp3) is 0.667. The monoisotopic (exact) mass is 302 g/mol. The summed E-state index contributed by atoms with van der Waals surface area (Å²) >= 11 is 3.47. The Bertz CT molecular complexity index is 382. The summed E-state index contributed by atoms with van der Waals surface area (Å²) in [5.41, 5.74) is 1.21. The number of hydrogen-bond acceptors (Lipinski definition) is 3. The number of ether oxygens (including phenoxy) is 1. The van der Waals surface area contributed by atoms with E-state index < -0.39 is 0 Å². The molecule has 4 nitrogen and oxygen atoms in total. The Balaban J connectivity index is 1.93. The predicted octanol–water partition coefficient (Wildman–Crippen LogP) is 1.23. The fourth-order valence-electron chi connectivity index (χ4n) is 2.25. The lowest BCUT2D eigenvalue weighted by molar-refractivity contribution is -0.147. The van der Waals surface area contributed by atoms with Gasteiger partial charge in [-0.3, -0.25) is 4.90 Å². The average molecular weight is 303 g/mol. The molecule has 2 rings (SSSR count). The summed E-state index contributed by atoms with van der Waals surface area (Å²) in [7, 11) is 4.12. The molecule has 96 valence electrons. The van der Waals surface area contributed by atoms with Crippen LogP contribution in [0.5, 0.6) is 0 Å². The van der Waals surface area contributed by atoms with Gasteiger partial charge in [0.2, 0.25) is 0 Å². The third-order valence-electron chi connectivity index (χ3n) is 3.26. The molecule has 0 radical (unpaired) electrons. The van der Waals surface area contributed by atoms with Gasteiger partial charge < -0.3 is 14.4 Å². The first-order chi connectivity index (χ1) is 8.04. The molecule has 1 aromatic heterocycles. The Morgan fingerprint density at radius 3 is 2.71 bits per heavy atom. The van der Waals surface area contributed by atoms with Gasteiger partial charge in [-0.25, -0.2) is 0 Å². The highest BCUT2D eigenvalue weighted by Gasteiger charge is 2.38. The van der Waals surface area contributed by atoms with E-state index in [-0.39, 0.29) is 12.0 Å². The van der Waals surface area contributed by atoms with Crippen molar-refractivity contribution >= 4 is 15.9 Å². The number of aromatic nitrogens is 1. The second-order valence-corrected chi connectivity index (χ2v) is 6.00. The molecule has 1 aromatic rings. The molecule has 5 heteroatoms. The van der Waals surface area contributed by atoms with Crippen LogP contribution in [-0.2, 0) is 18.3 Å². The summed E-state index contributed by atoms with van der Waals surface area (Å²) in [4.78, 5) is 2.24. The average Bonchev–Trinajstić information content (AvgIpc) is 2.51. The lowest BCUT2D eigenvalue weighted by Gasteiger charge is -2.42. The maximum absolute atomic E-state index is 9.39. The van der Waals surface area contributed by atoms with Gasteiger partial charge in [0, 0.05) is 36.5 Å². The standard InChI is InChI=1S/C12H19BrN2O2/c1-14(6-12(7-16)8-17-9-12)5-11-3-10(13)4-15(11)2/h3-4,16H,5-9H2,1-2H3. The van der Waals surface area contributed by atoms with Crippen LogP contribution >= 0.6 is 15.9 Å². The molecule has 0 amide bonds. The zero-order valence-electron chi connectivity index (χ0n) is 10.3. The Kier molecular flexibility index (Phi) is 3.92. The summed E-state index contributed by atoms with van der Waals surface area (Å²) in [6, 6.07) is 2.12. The molecule has 0 aromatic carbocycles. The van der Waals surface area contributed by atoms with E-state index in [2.05, 4.69) is 44.7 Å². The summed E-state index contributed by atoms with van der Waals surface area (Å²) in [5, 5.41) is 9.39. The van der Waals surface area contributed by atoms with Crippen LogP contribution in [-0.4, -0.2) is 48.0 Å². The molecule has 0 saturated carbocycles. The third kappa shape index (κ3) is 2.91. The Morgan fingerprint density at radius 2 is 2.29 bits per heavy atom. The Labute approximate surface area is 110 Å². The van der Waals surface area contributed by atoms with Gasteiger partial charge >= 0.3 is 0 Å². The van der Waals surface area contributed by atoms with Crippen LogP contribution < -0.4 is 0 Å². The lowest BCUT2D eigenvalue weighted by Crippen LogP contribution is -2.52. The van der Waals surface area contributed by atoms with Gasteiger partial charge in [0.05, 0.1) is 25.2 Å². The second-order valence-electron chi connectivity index (χ2n) is 5.08. The minimum absolute atomic E-state index is 0.0445. The fourth-order valence-corrected chi connectivity index (χ4v) is 2.82. The molecule has 1 N–H and O–H groups in total. The van der Waals surface area contributed by atoms with E-state index >= 15 is 0 Å². The van der Waals surface area contributed by atoms with E-state index in [9.17, 15) is 5.11 Å². The van der Waals surface area contributed by atoms with E-state index in [0.717, 1.165) is 17.6 Å². The number of aliphatic hydroxyl groups excluding tert-OH is 1. The maximum Gasteiger partial charge on any atom is 0.0579 e. The van der Waals surface area contributed by atoms with Crippen LogP contribution in [0.3, 0.4) is 0 Å². The van der Waals surface area contributed by atoms with E-state index in [0.29, 0.717) is 13.2 Å². The molecule has 1 aliphatic rings. The molecular weight excluding hydrogens is 284 g/mol. The van der Waals surface area contributed by atoms with Crippen molar-refractivity contribution in [2.24, 2.45) is 12.5 Å². The van der Waals surface area contributed by atoms with Gasteiger partial charge in [-0.05, 0) is 29.0 Å². The third-order valence-corrected chi connectivity index (χ3v) is 3.70. The second kappa shape index (κ2) is 5.10. The van der Waals surface area contributed by atoms with Gasteiger partial charge in [0.1, 0.15) is 0 Å². The molecular formula is C12H19BrN2O2. The van der Waals surface area contributed by atoms with Crippen LogP contribution in [0.25, 0.3) is 0 Å². The largest absolute Gasteiger partial charge is 0.396 e. The van der Waals surface area contributed by atoms with Crippen molar-refractivity contribution in [2.45, 2.75) is 6.54 Å². The number of aliphatic hydroxyl groups is 1. The highest BCUT2D eigenvalue weighted by Crippen LogP contribution is 2.28. The normalized spacial score (nSPS) is 18.4. The zero-order valence-corrected chi connectivity index (χ0v) is 11.9. The smallest absolute Gasteiger partial charge is 0.0579 e. The van der Waals surface area contributed by atoms with E-state index in [1.165, 1.54) is 5.69 Å². The number of rotatable bonds is 5. The summed E-state index contributed by atoms with van der Waals surface area (Å²) in [6.45, 7) is 3.29. The molecule has 0 bridgehead atoms. The van der Waals surface area contributed by atoms with E-state index in [1.807, 2.05) is 7.05 Å². The first-order valence-corrected chi connectivity index (χ1v) is 6.52. The van der Waals surface area contributed by atoms with Crippen molar-refractivity contribution in [1.29, 1.82) is 0 Å². The first kappa shape index (κ1) is 13.1. The molecule has 2 heterocycles. The van der Waals surface area contributed by atoms with E-state index in [1.54, 1.807) is 0 Å². The first-order valence-electron chi connectivity index (χ1n) is 5.73. The summed E-state index contributed by atoms with van der Waals surface area (Å²) in [5.74, 6) is 0. The molecule has 0 aliphatic carbocycles. The number of hydrogen-bond donors (Lipinski definition) is 1. The van der Waals surface area contributed by atoms with Crippen molar-refractivity contribution < 1.29 is 9.84 Å². The van der Waals surface area contributed by atoms with E-state index in [4.69, 9.17) is 4.74 Å². The van der Waals surface area contributed by atoms with Gasteiger partial charge in [-0.1, -0.05) is 0 Å². The van der Waals surface area contributed by atoms with Crippen LogP contribution in [0.4, 0.5) is 0 Å². The molecule has 0 atom stereocenters. The zero-order chi connectivity index (χ0) is 12.5. The maximum atomic E-state index is 9.39. The van der Waals surface area contributed by atoms with Gasteiger partial charge in [-0.15, -0.1) is 0 Å². The van der Waals surface area contributed by atoms with Crippen molar-refractivity contribution in [1.82, 2.24) is 9.47 Å². The van der Waals surface area contributed by atoms with Crippen LogP contribution in [0.1, 0.15) is 5.69 Å². The summed E-state index contributed by atoms with van der Waals surface area (Å²) in [6.07, 6.45) is 2.05. The minimum Gasteiger partial charge on any atom is -0.396 e. The number of halogens is 1. The number of nitrogens with zero attached hydrogens (tertiary/aromatic N) is 2. The number of aryl methyl sites for hydroxylation is 1. The molecule has 0 unspecified atom stereocenters. The highest BCUT2D eigenvalue weighted by atomic mass is 79.9. The van der Waals surface area contributed by atoms with Crippen LogP contribution in [0.2, 0.25) is 0 Å². The molecule has 17 heavy (non-hydrogen) atoms. The van der Waals surface area contributed by atoms with Crippen molar-refractivity contribution in [2.75, 3.05) is 33.4 Å². The SMILES string of the molecule is CN(Cc1cc(Br)cn1C)CC1(CO)COC1. The molecule has 0 spiro atoms. The Morgan fingerprint density at radius 1 is 1.59 bits per heavy atom. The summed E-state index contributed by atoms with van der Waals surface area (Å²) < 4.78 is 8.43. The minimum atomic E-state index is -0.0445. The molecule has 1 fully saturated rings. The lowest BCUT2D eigenvalue weighted by atomic mass is 9.86. The van der Waals surface area contributed by atoms with Gasteiger partial charge in [0.15, 0.2) is 0 Å². The van der Waals surface area contributed by atoms with Crippen LogP contribution in [0, 0.1) is 5.41 Å². The van der Waals surface area contributed by atoms with Gasteiger partial charge in [0.25, 0.3) is 0 Å². The Hall–Kier alpha value is -0.360.